The molecule has 0 saturated heterocycles. The van der Waals surface area contributed by atoms with Crippen molar-refractivity contribution < 1.29 is 9.53 Å². The second-order valence-electron chi connectivity index (χ2n) is 5.47. The zero-order chi connectivity index (χ0) is 12.5. The van der Waals surface area contributed by atoms with Gasteiger partial charge in [0.2, 0.25) is 0 Å². The summed E-state index contributed by atoms with van der Waals surface area (Å²) in [4.78, 5) is 16.0. The van der Waals surface area contributed by atoms with Crippen molar-refractivity contribution in [3.05, 3.63) is 30.1 Å². The molecule has 1 aromatic rings. The molecule has 0 bridgehead atoms. The molecular weight excluding hydrogens is 216 g/mol. The molecule has 0 unspecified atom stereocenters. The van der Waals surface area contributed by atoms with Crippen molar-refractivity contribution in [1.82, 2.24) is 10.3 Å². The van der Waals surface area contributed by atoms with Crippen molar-refractivity contribution in [2.45, 2.75) is 44.8 Å². The molecule has 2 rings (SSSR count). The van der Waals surface area contributed by atoms with Crippen LogP contribution in [0.3, 0.4) is 0 Å². The smallest absolute Gasteiger partial charge is 0.408 e. The Kier molecular flexibility index (Phi) is 2.81. The van der Waals surface area contributed by atoms with Crippen molar-refractivity contribution in [3.63, 3.8) is 0 Å². The zero-order valence-electron chi connectivity index (χ0n) is 10.5. The van der Waals surface area contributed by atoms with Gasteiger partial charge < -0.3 is 10.1 Å². The van der Waals surface area contributed by atoms with E-state index in [2.05, 4.69) is 10.3 Å². The number of carbonyl (C=O) groups excluding carboxylic acids is 1. The fourth-order valence-corrected chi connectivity index (χ4v) is 1.67. The monoisotopic (exact) mass is 234 g/mol. The molecule has 1 aliphatic carbocycles. The van der Waals surface area contributed by atoms with E-state index in [0.717, 1.165) is 18.5 Å². The standard InChI is InChI=1S/C13H18N2O2/c1-12(2,3)15-11(16)17-13(7-8-13)10-6-4-5-9-14-10/h4-6,9H,7-8H2,1-3H3,(H,15,16). The number of rotatable bonds is 2. The quantitative estimate of drug-likeness (QED) is 0.855. The number of nitrogens with one attached hydrogen (secondary N) is 1. The summed E-state index contributed by atoms with van der Waals surface area (Å²) in [5, 5.41) is 2.80. The van der Waals surface area contributed by atoms with E-state index in [4.69, 9.17) is 4.74 Å². The van der Waals surface area contributed by atoms with E-state index in [1.807, 2.05) is 39.0 Å². The van der Waals surface area contributed by atoms with Crippen LogP contribution in [0.15, 0.2) is 24.4 Å². The lowest BCUT2D eigenvalue weighted by atomic mass is 10.1. The average Bonchev–Trinajstić information content (AvgIpc) is 2.97. The summed E-state index contributed by atoms with van der Waals surface area (Å²) in [5.74, 6) is 0. The van der Waals surface area contributed by atoms with Crippen molar-refractivity contribution in [2.24, 2.45) is 0 Å². The van der Waals surface area contributed by atoms with Gasteiger partial charge in [0.25, 0.3) is 0 Å². The summed E-state index contributed by atoms with van der Waals surface area (Å²) in [6.07, 6.45) is 3.05. The number of aromatic nitrogens is 1. The molecular formula is C13H18N2O2. The molecule has 4 heteroatoms. The van der Waals surface area contributed by atoms with Crippen molar-refractivity contribution in [2.75, 3.05) is 0 Å². The van der Waals surface area contributed by atoms with E-state index in [0.29, 0.717) is 0 Å². The van der Waals surface area contributed by atoms with Gasteiger partial charge in [0, 0.05) is 11.7 Å². The molecule has 0 spiro atoms. The Morgan fingerprint density at radius 1 is 1.41 bits per heavy atom. The molecule has 1 fully saturated rings. The number of pyridine rings is 1. The maximum atomic E-state index is 11.7. The number of hydrogen-bond donors (Lipinski definition) is 1. The summed E-state index contributed by atoms with van der Waals surface area (Å²) in [6.45, 7) is 5.78. The number of nitrogens with zero attached hydrogens (tertiary/aromatic N) is 1. The van der Waals surface area contributed by atoms with E-state index in [-0.39, 0.29) is 11.6 Å². The highest BCUT2D eigenvalue weighted by Gasteiger charge is 2.50. The first-order valence-corrected chi connectivity index (χ1v) is 5.84. The second-order valence-corrected chi connectivity index (χ2v) is 5.47. The zero-order valence-corrected chi connectivity index (χ0v) is 10.5. The Labute approximate surface area is 101 Å². The van der Waals surface area contributed by atoms with Crippen LogP contribution in [0.2, 0.25) is 0 Å². The molecule has 0 radical (unpaired) electrons. The van der Waals surface area contributed by atoms with Gasteiger partial charge in [0.15, 0.2) is 5.60 Å². The third-order valence-electron chi connectivity index (χ3n) is 2.60. The van der Waals surface area contributed by atoms with E-state index < -0.39 is 5.60 Å². The third-order valence-corrected chi connectivity index (χ3v) is 2.60. The molecule has 1 aromatic heterocycles. The highest BCUT2D eigenvalue weighted by atomic mass is 16.6. The molecule has 0 aromatic carbocycles. The van der Waals surface area contributed by atoms with Gasteiger partial charge in [-0.3, -0.25) is 4.98 Å². The van der Waals surface area contributed by atoms with Crippen LogP contribution in [0, 0.1) is 0 Å². The van der Waals surface area contributed by atoms with Crippen LogP contribution in [-0.4, -0.2) is 16.6 Å². The minimum atomic E-state index is -0.489. The summed E-state index contributed by atoms with van der Waals surface area (Å²) < 4.78 is 5.50. The molecule has 0 atom stereocenters. The number of hydrogen-bond acceptors (Lipinski definition) is 3. The lowest BCUT2D eigenvalue weighted by Crippen LogP contribution is -2.42. The van der Waals surface area contributed by atoms with Crippen LogP contribution in [0.5, 0.6) is 0 Å². The highest BCUT2D eigenvalue weighted by molar-refractivity contribution is 5.69. The molecule has 4 nitrogen and oxygen atoms in total. The van der Waals surface area contributed by atoms with Crippen LogP contribution >= 0.6 is 0 Å². The van der Waals surface area contributed by atoms with Gasteiger partial charge in [-0.25, -0.2) is 4.79 Å². The maximum Gasteiger partial charge on any atom is 0.408 e. The first-order valence-electron chi connectivity index (χ1n) is 5.84. The largest absolute Gasteiger partial charge is 0.436 e. The van der Waals surface area contributed by atoms with Crippen molar-refractivity contribution in [1.29, 1.82) is 0 Å². The Hall–Kier alpha value is -1.58. The van der Waals surface area contributed by atoms with E-state index in [9.17, 15) is 4.79 Å². The maximum absolute atomic E-state index is 11.7. The van der Waals surface area contributed by atoms with Crippen LogP contribution in [-0.2, 0) is 10.3 Å². The second kappa shape index (κ2) is 4.02. The Bertz CT molecular complexity index is 405. The summed E-state index contributed by atoms with van der Waals surface area (Å²) in [5.41, 5.74) is 0.0671. The van der Waals surface area contributed by atoms with Gasteiger partial charge in [-0.2, -0.15) is 0 Å². The minimum absolute atomic E-state index is 0.280. The van der Waals surface area contributed by atoms with E-state index in [1.54, 1.807) is 6.20 Å². The van der Waals surface area contributed by atoms with Crippen LogP contribution in [0.4, 0.5) is 4.79 Å². The fourth-order valence-electron chi connectivity index (χ4n) is 1.67. The molecule has 1 N–H and O–H groups in total. The molecule has 0 aliphatic heterocycles. The van der Waals surface area contributed by atoms with E-state index >= 15 is 0 Å². The lowest BCUT2D eigenvalue weighted by molar-refractivity contribution is 0.0730. The number of amides is 1. The number of carbonyl (C=O) groups is 1. The predicted molar refractivity (Wildman–Crippen MR) is 64.5 cm³/mol. The Balaban J connectivity index is 2.02. The first kappa shape index (κ1) is 11.9. The van der Waals surface area contributed by atoms with E-state index in [1.165, 1.54) is 0 Å². The lowest BCUT2D eigenvalue weighted by Gasteiger charge is -2.23. The predicted octanol–water partition coefficient (Wildman–Crippen LogP) is 2.60. The highest BCUT2D eigenvalue weighted by Crippen LogP contribution is 2.48. The number of alkyl carbamates (subject to hydrolysis) is 1. The third kappa shape index (κ3) is 2.96. The van der Waals surface area contributed by atoms with Gasteiger partial charge in [0.1, 0.15) is 0 Å². The molecule has 1 saturated carbocycles. The van der Waals surface area contributed by atoms with Crippen LogP contribution in [0.1, 0.15) is 39.3 Å². The molecule has 1 heterocycles. The summed E-state index contributed by atoms with van der Waals surface area (Å²) in [7, 11) is 0. The normalized spacial score (nSPS) is 17.4. The fraction of sp³-hybridized carbons (Fsp3) is 0.538. The van der Waals surface area contributed by atoms with Crippen molar-refractivity contribution >= 4 is 6.09 Å². The topological polar surface area (TPSA) is 51.2 Å². The summed E-state index contributed by atoms with van der Waals surface area (Å²) >= 11 is 0. The average molecular weight is 234 g/mol. The van der Waals surface area contributed by atoms with Crippen molar-refractivity contribution in [3.8, 4) is 0 Å². The Morgan fingerprint density at radius 3 is 2.59 bits per heavy atom. The van der Waals surface area contributed by atoms with Gasteiger partial charge in [0.05, 0.1) is 5.69 Å². The summed E-state index contributed by atoms with van der Waals surface area (Å²) in [6, 6.07) is 5.67. The SMILES string of the molecule is CC(C)(C)NC(=O)OC1(c2ccccn2)CC1. The first-order chi connectivity index (χ1) is 7.91. The van der Waals surface area contributed by atoms with Gasteiger partial charge in [-0.15, -0.1) is 0 Å². The molecule has 1 aliphatic rings. The van der Waals surface area contributed by atoms with Crippen LogP contribution in [0.25, 0.3) is 0 Å². The molecule has 92 valence electrons. The number of ether oxygens (including phenoxy) is 1. The van der Waals surface area contributed by atoms with Crippen LogP contribution < -0.4 is 5.32 Å². The van der Waals surface area contributed by atoms with Gasteiger partial charge >= 0.3 is 6.09 Å². The Morgan fingerprint density at radius 2 is 2.12 bits per heavy atom. The molecule has 17 heavy (non-hydrogen) atoms. The minimum Gasteiger partial charge on any atom is -0.436 e. The van der Waals surface area contributed by atoms with Gasteiger partial charge in [-0.1, -0.05) is 6.07 Å². The van der Waals surface area contributed by atoms with Gasteiger partial charge in [-0.05, 0) is 45.7 Å². The molecule has 1 amide bonds.